The van der Waals surface area contributed by atoms with Gasteiger partial charge < -0.3 is 5.32 Å². The summed E-state index contributed by atoms with van der Waals surface area (Å²) in [7, 11) is 0. The maximum Gasteiger partial charge on any atom is 0.263 e. The van der Waals surface area contributed by atoms with E-state index in [1.165, 1.54) is 16.9 Å². The van der Waals surface area contributed by atoms with Crippen molar-refractivity contribution in [3.8, 4) is 0 Å². The molecule has 0 fully saturated rings. The van der Waals surface area contributed by atoms with Gasteiger partial charge in [-0.3, -0.25) is 9.69 Å². The highest BCUT2D eigenvalue weighted by Crippen LogP contribution is 2.46. The number of aryl methyl sites for hydroxylation is 1. The number of nitrogens with one attached hydrogen (secondary N) is 1. The van der Waals surface area contributed by atoms with Gasteiger partial charge >= 0.3 is 0 Å². The minimum atomic E-state index is -0.424. The molecule has 4 nitrogen and oxygen atoms in total. The number of para-hydroxylation sites is 2. The largest absolute Gasteiger partial charge is 0.352 e. The summed E-state index contributed by atoms with van der Waals surface area (Å²) in [6, 6.07) is 19.8. The van der Waals surface area contributed by atoms with E-state index in [9.17, 15) is 4.79 Å². The molecule has 1 amide bonds. The molecule has 31 heavy (non-hydrogen) atoms. The number of halogens is 1. The number of thiophene rings is 1. The summed E-state index contributed by atoms with van der Waals surface area (Å²) in [6.07, 6.45) is 3.93. The fraction of sp³-hybridized carbons (Fsp3) is 0.200. The van der Waals surface area contributed by atoms with E-state index in [1.54, 1.807) is 11.3 Å². The number of nitrogens with zero attached hydrogens (tertiary/aromatic N) is 2. The summed E-state index contributed by atoms with van der Waals surface area (Å²) in [5.74, 6) is 0.0357. The standard InChI is InChI=1S/C25H20ClN3OS/c26-22-18(14-15-8-4-6-12-19(15)27-22)23-28-24-21(17-11-5-7-13-20(17)31-24)25(30)29(23)16-9-2-1-3-10-16/h1-4,6,8-10,12,14,23,28H,5,7,11,13H2. The number of fused-ring (bicyclic) bond motifs is 4. The van der Waals surface area contributed by atoms with Gasteiger partial charge in [-0.05, 0) is 55.5 Å². The zero-order valence-electron chi connectivity index (χ0n) is 16.8. The van der Waals surface area contributed by atoms with Crippen LogP contribution >= 0.6 is 22.9 Å². The number of carbonyl (C=O) groups excluding carboxylic acids is 1. The number of carbonyl (C=O) groups is 1. The van der Waals surface area contributed by atoms with Crippen molar-refractivity contribution in [2.24, 2.45) is 0 Å². The maximum absolute atomic E-state index is 13.9. The molecule has 2 aliphatic rings. The second kappa shape index (κ2) is 7.36. The first kappa shape index (κ1) is 18.8. The molecule has 1 aliphatic carbocycles. The Kier molecular flexibility index (Phi) is 4.47. The van der Waals surface area contributed by atoms with Gasteiger partial charge in [0.2, 0.25) is 0 Å². The molecule has 1 N–H and O–H groups in total. The molecule has 6 heteroatoms. The Morgan fingerprint density at radius 1 is 1.03 bits per heavy atom. The minimum absolute atomic E-state index is 0.0357. The number of benzene rings is 2. The smallest absolute Gasteiger partial charge is 0.263 e. The van der Waals surface area contributed by atoms with Crippen molar-refractivity contribution >= 4 is 50.4 Å². The van der Waals surface area contributed by atoms with Crippen molar-refractivity contribution in [3.63, 3.8) is 0 Å². The number of pyridine rings is 1. The molecular weight excluding hydrogens is 426 g/mol. The molecule has 0 saturated carbocycles. The number of rotatable bonds is 2. The summed E-state index contributed by atoms with van der Waals surface area (Å²) in [5, 5.41) is 6.02. The molecule has 2 aromatic carbocycles. The van der Waals surface area contributed by atoms with E-state index in [-0.39, 0.29) is 5.91 Å². The van der Waals surface area contributed by atoms with E-state index in [0.717, 1.165) is 52.0 Å². The minimum Gasteiger partial charge on any atom is -0.352 e. The number of aromatic nitrogens is 1. The van der Waals surface area contributed by atoms with Crippen LogP contribution in [0.4, 0.5) is 10.7 Å². The molecular formula is C25H20ClN3OS. The summed E-state index contributed by atoms with van der Waals surface area (Å²) in [6.45, 7) is 0. The highest BCUT2D eigenvalue weighted by atomic mass is 35.5. The van der Waals surface area contributed by atoms with E-state index in [4.69, 9.17) is 11.6 Å². The lowest BCUT2D eigenvalue weighted by Gasteiger charge is -2.37. The van der Waals surface area contributed by atoms with Gasteiger partial charge in [-0.1, -0.05) is 48.0 Å². The number of anilines is 2. The Morgan fingerprint density at radius 2 is 1.81 bits per heavy atom. The lowest BCUT2D eigenvalue weighted by Crippen LogP contribution is -2.43. The summed E-state index contributed by atoms with van der Waals surface area (Å²) < 4.78 is 0. The zero-order valence-corrected chi connectivity index (χ0v) is 18.3. The Balaban J connectivity index is 1.55. The van der Waals surface area contributed by atoms with Crippen LogP contribution in [0.25, 0.3) is 10.9 Å². The fourth-order valence-electron chi connectivity index (χ4n) is 4.69. The SMILES string of the molecule is O=C1c2c(sc3c2CCCC3)NC(c2cc3ccccc3nc2Cl)N1c1ccccc1. The highest BCUT2D eigenvalue weighted by Gasteiger charge is 2.39. The normalized spacial score (nSPS) is 17.9. The molecule has 0 bridgehead atoms. The first-order valence-electron chi connectivity index (χ1n) is 10.6. The average Bonchev–Trinajstić information content (AvgIpc) is 3.18. The lowest BCUT2D eigenvalue weighted by atomic mass is 9.93. The summed E-state index contributed by atoms with van der Waals surface area (Å²) >= 11 is 8.40. The highest BCUT2D eigenvalue weighted by molar-refractivity contribution is 7.16. The molecule has 1 aliphatic heterocycles. The first-order chi connectivity index (χ1) is 15.2. The van der Waals surface area contributed by atoms with Crippen molar-refractivity contribution in [1.82, 2.24) is 4.98 Å². The second-order valence-corrected chi connectivity index (χ2v) is 9.50. The van der Waals surface area contributed by atoms with Crippen LogP contribution in [0.5, 0.6) is 0 Å². The van der Waals surface area contributed by atoms with Crippen molar-refractivity contribution in [3.05, 3.63) is 87.4 Å². The number of hydrogen-bond donors (Lipinski definition) is 1. The van der Waals surface area contributed by atoms with Gasteiger partial charge in [0.05, 0.1) is 11.1 Å². The third kappa shape index (κ3) is 3.03. The molecule has 0 spiro atoms. The van der Waals surface area contributed by atoms with Gasteiger partial charge in [-0.15, -0.1) is 11.3 Å². The van der Waals surface area contributed by atoms with Crippen LogP contribution in [-0.4, -0.2) is 10.9 Å². The number of hydrogen-bond acceptors (Lipinski definition) is 4. The Morgan fingerprint density at radius 3 is 2.68 bits per heavy atom. The molecule has 0 saturated heterocycles. The Bertz CT molecular complexity index is 1320. The summed E-state index contributed by atoms with van der Waals surface area (Å²) in [4.78, 5) is 21.7. The van der Waals surface area contributed by atoms with Gasteiger partial charge in [0.15, 0.2) is 0 Å². The summed E-state index contributed by atoms with van der Waals surface area (Å²) in [5.41, 5.74) is 4.55. The molecule has 1 unspecified atom stereocenters. The maximum atomic E-state index is 13.9. The van der Waals surface area contributed by atoms with E-state index in [0.29, 0.717) is 5.15 Å². The quantitative estimate of drug-likeness (QED) is 0.353. The second-order valence-electron chi connectivity index (χ2n) is 8.03. The van der Waals surface area contributed by atoms with Gasteiger partial charge in [0, 0.05) is 21.5 Å². The van der Waals surface area contributed by atoms with Crippen LogP contribution < -0.4 is 10.2 Å². The Labute approximate surface area is 189 Å². The first-order valence-corrected chi connectivity index (χ1v) is 11.7. The molecule has 6 rings (SSSR count). The predicted octanol–water partition coefficient (Wildman–Crippen LogP) is 6.60. The topological polar surface area (TPSA) is 45.2 Å². The molecule has 3 heterocycles. The van der Waals surface area contributed by atoms with E-state index in [2.05, 4.69) is 10.3 Å². The van der Waals surface area contributed by atoms with Gasteiger partial charge in [-0.2, -0.15) is 0 Å². The van der Waals surface area contributed by atoms with Gasteiger partial charge in [-0.25, -0.2) is 4.98 Å². The lowest BCUT2D eigenvalue weighted by molar-refractivity contribution is 0.0974. The van der Waals surface area contributed by atoms with Crippen LogP contribution in [0.3, 0.4) is 0 Å². The molecule has 2 aromatic heterocycles. The molecule has 154 valence electrons. The van der Waals surface area contributed by atoms with Crippen molar-refractivity contribution < 1.29 is 4.79 Å². The van der Waals surface area contributed by atoms with Crippen molar-refractivity contribution in [2.75, 3.05) is 10.2 Å². The molecule has 4 aromatic rings. The monoisotopic (exact) mass is 445 g/mol. The molecule has 0 radical (unpaired) electrons. The van der Waals surface area contributed by atoms with E-state index >= 15 is 0 Å². The van der Waals surface area contributed by atoms with Crippen LogP contribution in [0, 0.1) is 0 Å². The average molecular weight is 446 g/mol. The van der Waals surface area contributed by atoms with Crippen molar-refractivity contribution in [2.45, 2.75) is 31.8 Å². The zero-order chi connectivity index (χ0) is 20.9. The van der Waals surface area contributed by atoms with Gasteiger partial charge in [0.25, 0.3) is 5.91 Å². The van der Waals surface area contributed by atoms with Crippen LogP contribution in [0.15, 0.2) is 60.7 Å². The third-order valence-electron chi connectivity index (χ3n) is 6.16. The number of amides is 1. The molecule has 1 atom stereocenters. The van der Waals surface area contributed by atoms with Crippen LogP contribution in [0.1, 0.15) is 45.4 Å². The fourth-order valence-corrected chi connectivity index (χ4v) is 6.24. The van der Waals surface area contributed by atoms with E-state index in [1.807, 2.05) is 65.6 Å². The van der Waals surface area contributed by atoms with E-state index < -0.39 is 6.17 Å². The van der Waals surface area contributed by atoms with Gasteiger partial charge in [0.1, 0.15) is 16.3 Å². The third-order valence-corrected chi connectivity index (χ3v) is 7.69. The van der Waals surface area contributed by atoms with Crippen molar-refractivity contribution in [1.29, 1.82) is 0 Å². The van der Waals surface area contributed by atoms with Crippen LogP contribution in [0.2, 0.25) is 5.15 Å². The predicted molar refractivity (Wildman–Crippen MR) is 127 cm³/mol. The Hall–Kier alpha value is -2.89. The van der Waals surface area contributed by atoms with Crippen LogP contribution in [-0.2, 0) is 12.8 Å².